The van der Waals surface area contributed by atoms with Gasteiger partial charge in [-0.3, -0.25) is 4.79 Å². The summed E-state index contributed by atoms with van der Waals surface area (Å²) in [6.07, 6.45) is 1.39. The Hall–Kier alpha value is -2.89. The summed E-state index contributed by atoms with van der Waals surface area (Å²) in [6.45, 7) is 3.52. The standard InChI is InChI=1S/C16H15NO5/c1-3-22-16(21)13-9(2)12(8-17-13)14(18)10-6-4-5-7-11(10)15(19)20/h4-8,17H,3H2,1-2H3,(H,19,20). The summed E-state index contributed by atoms with van der Waals surface area (Å²) >= 11 is 0. The summed E-state index contributed by atoms with van der Waals surface area (Å²) < 4.78 is 4.89. The summed E-state index contributed by atoms with van der Waals surface area (Å²) in [7, 11) is 0. The van der Waals surface area contributed by atoms with Gasteiger partial charge in [-0.05, 0) is 25.5 Å². The van der Waals surface area contributed by atoms with Gasteiger partial charge in [-0.1, -0.05) is 18.2 Å². The van der Waals surface area contributed by atoms with Gasteiger partial charge in [0.15, 0.2) is 5.78 Å². The van der Waals surface area contributed by atoms with E-state index < -0.39 is 17.7 Å². The first-order chi connectivity index (χ1) is 10.5. The number of hydrogen-bond donors (Lipinski definition) is 2. The Morgan fingerprint density at radius 3 is 2.36 bits per heavy atom. The summed E-state index contributed by atoms with van der Waals surface area (Å²) in [6, 6.07) is 5.95. The monoisotopic (exact) mass is 301 g/mol. The normalized spacial score (nSPS) is 10.3. The number of carboxylic acids is 1. The molecule has 0 spiro atoms. The van der Waals surface area contributed by atoms with E-state index in [9.17, 15) is 14.4 Å². The SMILES string of the molecule is CCOC(=O)c1[nH]cc(C(=O)c2ccccc2C(=O)O)c1C. The topological polar surface area (TPSA) is 96.5 Å². The lowest BCUT2D eigenvalue weighted by Gasteiger charge is -2.05. The maximum atomic E-state index is 12.6. The molecule has 0 aliphatic heterocycles. The van der Waals surface area contributed by atoms with Crippen molar-refractivity contribution < 1.29 is 24.2 Å². The minimum Gasteiger partial charge on any atom is -0.478 e. The number of ketones is 1. The van der Waals surface area contributed by atoms with Crippen LogP contribution in [0, 0.1) is 6.92 Å². The van der Waals surface area contributed by atoms with E-state index in [1.807, 2.05) is 0 Å². The van der Waals surface area contributed by atoms with Gasteiger partial charge in [0.05, 0.1) is 12.2 Å². The van der Waals surface area contributed by atoms with Crippen LogP contribution in [0.25, 0.3) is 0 Å². The van der Waals surface area contributed by atoms with Crippen LogP contribution in [0.15, 0.2) is 30.5 Å². The third-order valence-corrected chi connectivity index (χ3v) is 3.27. The number of benzene rings is 1. The number of carbonyl (C=O) groups excluding carboxylic acids is 2. The van der Waals surface area contributed by atoms with Crippen LogP contribution in [-0.4, -0.2) is 34.4 Å². The number of carboxylic acid groups (broad SMARTS) is 1. The average Bonchev–Trinajstić information content (AvgIpc) is 2.88. The Labute approximate surface area is 126 Å². The molecular formula is C16H15NO5. The van der Waals surface area contributed by atoms with E-state index in [0.717, 1.165) is 0 Å². The molecule has 0 amide bonds. The molecule has 1 aromatic carbocycles. The van der Waals surface area contributed by atoms with Gasteiger partial charge in [-0.25, -0.2) is 9.59 Å². The maximum Gasteiger partial charge on any atom is 0.355 e. The first-order valence-electron chi connectivity index (χ1n) is 6.69. The van der Waals surface area contributed by atoms with Crippen LogP contribution < -0.4 is 0 Å². The minimum absolute atomic E-state index is 0.0764. The smallest absolute Gasteiger partial charge is 0.355 e. The van der Waals surface area contributed by atoms with Crippen molar-refractivity contribution >= 4 is 17.7 Å². The number of aromatic amines is 1. The van der Waals surface area contributed by atoms with Crippen LogP contribution in [0.4, 0.5) is 0 Å². The number of esters is 1. The molecule has 0 saturated carbocycles. The van der Waals surface area contributed by atoms with Crippen molar-refractivity contribution in [3.63, 3.8) is 0 Å². The van der Waals surface area contributed by atoms with Crippen LogP contribution in [0.3, 0.4) is 0 Å². The van der Waals surface area contributed by atoms with Crippen LogP contribution in [0.1, 0.15) is 49.3 Å². The highest BCUT2D eigenvalue weighted by atomic mass is 16.5. The highest BCUT2D eigenvalue weighted by Crippen LogP contribution is 2.20. The number of H-pyrrole nitrogens is 1. The van der Waals surface area contributed by atoms with Crippen molar-refractivity contribution in [1.29, 1.82) is 0 Å². The molecule has 2 aromatic rings. The van der Waals surface area contributed by atoms with Crippen LogP contribution >= 0.6 is 0 Å². The molecule has 2 N–H and O–H groups in total. The predicted molar refractivity (Wildman–Crippen MR) is 78.3 cm³/mol. The number of carbonyl (C=O) groups is 3. The Bertz CT molecular complexity index is 745. The van der Waals surface area contributed by atoms with Gasteiger partial charge in [0, 0.05) is 17.3 Å². The molecule has 6 nitrogen and oxygen atoms in total. The van der Waals surface area contributed by atoms with Crippen molar-refractivity contribution in [2.24, 2.45) is 0 Å². The highest BCUT2D eigenvalue weighted by molar-refractivity contribution is 6.15. The Balaban J connectivity index is 2.44. The third-order valence-electron chi connectivity index (χ3n) is 3.27. The third kappa shape index (κ3) is 2.76. The molecule has 1 heterocycles. The zero-order chi connectivity index (χ0) is 16.3. The fourth-order valence-electron chi connectivity index (χ4n) is 2.16. The quantitative estimate of drug-likeness (QED) is 0.653. The molecule has 0 bridgehead atoms. The van der Waals surface area contributed by atoms with Crippen molar-refractivity contribution in [3.8, 4) is 0 Å². The van der Waals surface area contributed by atoms with Crippen LogP contribution in [-0.2, 0) is 4.74 Å². The molecule has 0 fully saturated rings. The van der Waals surface area contributed by atoms with Crippen LogP contribution in [0.5, 0.6) is 0 Å². The maximum absolute atomic E-state index is 12.6. The van der Waals surface area contributed by atoms with Crippen LogP contribution in [0.2, 0.25) is 0 Å². The number of aromatic nitrogens is 1. The van der Waals surface area contributed by atoms with Crippen molar-refractivity contribution in [2.45, 2.75) is 13.8 Å². The molecule has 0 aliphatic carbocycles. The predicted octanol–water partition coefficient (Wildman–Crippen LogP) is 2.43. The Kier molecular flexibility index (Phi) is 4.41. The van der Waals surface area contributed by atoms with E-state index in [2.05, 4.69) is 4.98 Å². The number of rotatable bonds is 5. The molecule has 1 aromatic heterocycles. The van der Waals surface area contributed by atoms with E-state index in [1.165, 1.54) is 18.3 Å². The number of aromatic carboxylic acids is 1. The fraction of sp³-hybridized carbons (Fsp3) is 0.188. The van der Waals surface area contributed by atoms with E-state index in [0.29, 0.717) is 5.56 Å². The molecule has 0 atom stereocenters. The molecule has 114 valence electrons. The molecule has 0 radical (unpaired) electrons. The van der Waals surface area contributed by atoms with Gasteiger partial charge in [0.25, 0.3) is 0 Å². The van der Waals surface area contributed by atoms with Gasteiger partial charge in [-0.2, -0.15) is 0 Å². The summed E-state index contributed by atoms with van der Waals surface area (Å²) in [4.78, 5) is 38.2. The second-order valence-electron chi connectivity index (χ2n) is 4.60. The minimum atomic E-state index is -1.18. The molecular weight excluding hydrogens is 286 g/mol. The van der Waals surface area contributed by atoms with E-state index in [4.69, 9.17) is 9.84 Å². The second-order valence-corrected chi connectivity index (χ2v) is 4.60. The molecule has 2 rings (SSSR count). The largest absolute Gasteiger partial charge is 0.478 e. The van der Waals surface area contributed by atoms with Crippen molar-refractivity contribution in [1.82, 2.24) is 4.98 Å². The lowest BCUT2D eigenvalue weighted by molar-refractivity contribution is 0.0519. The molecule has 0 aliphatic rings. The zero-order valence-electron chi connectivity index (χ0n) is 12.2. The van der Waals surface area contributed by atoms with E-state index in [-0.39, 0.29) is 29.0 Å². The van der Waals surface area contributed by atoms with E-state index in [1.54, 1.807) is 26.0 Å². The summed E-state index contributed by atoms with van der Waals surface area (Å²) in [5.74, 6) is -2.18. The molecule has 22 heavy (non-hydrogen) atoms. The van der Waals surface area contributed by atoms with Gasteiger partial charge >= 0.3 is 11.9 Å². The number of nitrogens with one attached hydrogen (secondary N) is 1. The second kappa shape index (κ2) is 6.26. The summed E-state index contributed by atoms with van der Waals surface area (Å²) in [5.41, 5.74) is 0.872. The first-order valence-corrected chi connectivity index (χ1v) is 6.69. The lowest BCUT2D eigenvalue weighted by atomic mass is 9.97. The number of hydrogen-bond acceptors (Lipinski definition) is 4. The lowest BCUT2D eigenvalue weighted by Crippen LogP contribution is -2.11. The van der Waals surface area contributed by atoms with Gasteiger partial charge in [0.2, 0.25) is 0 Å². The molecule has 6 heteroatoms. The fourth-order valence-corrected chi connectivity index (χ4v) is 2.16. The average molecular weight is 301 g/mol. The Morgan fingerprint density at radius 2 is 1.77 bits per heavy atom. The highest BCUT2D eigenvalue weighted by Gasteiger charge is 2.23. The van der Waals surface area contributed by atoms with Crippen molar-refractivity contribution in [3.05, 3.63) is 58.4 Å². The van der Waals surface area contributed by atoms with Crippen molar-refractivity contribution in [2.75, 3.05) is 6.61 Å². The molecule has 0 saturated heterocycles. The van der Waals surface area contributed by atoms with Gasteiger partial charge in [0.1, 0.15) is 5.69 Å². The summed E-state index contributed by atoms with van der Waals surface area (Å²) in [5, 5.41) is 9.16. The van der Waals surface area contributed by atoms with E-state index >= 15 is 0 Å². The van der Waals surface area contributed by atoms with Gasteiger partial charge < -0.3 is 14.8 Å². The number of ether oxygens (including phenoxy) is 1. The molecule has 0 unspecified atom stereocenters. The Morgan fingerprint density at radius 1 is 1.14 bits per heavy atom. The first kappa shape index (κ1) is 15.5. The van der Waals surface area contributed by atoms with Gasteiger partial charge in [-0.15, -0.1) is 0 Å². The zero-order valence-corrected chi connectivity index (χ0v) is 12.2.